The normalized spacial score (nSPS) is 22.5. The lowest BCUT2D eigenvalue weighted by Gasteiger charge is -2.21. The Morgan fingerprint density at radius 1 is 1.08 bits per heavy atom. The maximum Gasteiger partial charge on any atom is 0.329 e. The number of hydrogen-bond donors (Lipinski definition) is 2. The number of benzene rings is 1. The highest BCUT2D eigenvalue weighted by Gasteiger charge is 2.31. The first-order valence-corrected chi connectivity index (χ1v) is 8.84. The topological polar surface area (TPSA) is 87.2 Å². The number of halogens is 1. The minimum atomic E-state index is -0.534. The molecule has 140 valence electrons. The van der Waals surface area contributed by atoms with Gasteiger partial charge in [0, 0.05) is 13.1 Å². The molecule has 2 aliphatic rings. The fourth-order valence-corrected chi connectivity index (χ4v) is 4.05. The van der Waals surface area contributed by atoms with Crippen molar-refractivity contribution in [3.05, 3.63) is 45.1 Å². The number of carbonyl (C=O) groups is 1. The van der Waals surface area contributed by atoms with E-state index in [1.54, 1.807) is 29.2 Å². The summed E-state index contributed by atoms with van der Waals surface area (Å²) in [7, 11) is 0. The quantitative estimate of drug-likeness (QED) is 0.799. The van der Waals surface area contributed by atoms with Gasteiger partial charge in [0.05, 0.1) is 10.9 Å². The lowest BCUT2D eigenvalue weighted by atomic mass is 9.92. The number of likely N-dealkylation sites (tertiary alicyclic amines) is 1. The molecule has 2 aromatic rings. The minimum absolute atomic E-state index is 0. The van der Waals surface area contributed by atoms with Crippen LogP contribution in [0.2, 0.25) is 0 Å². The summed E-state index contributed by atoms with van der Waals surface area (Å²) >= 11 is 0. The van der Waals surface area contributed by atoms with Crippen molar-refractivity contribution in [2.24, 2.45) is 11.8 Å². The number of para-hydroxylation sites is 1. The largest absolute Gasteiger partial charge is 0.341 e. The molecule has 2 atom stereocenters. The first-order valence-electron chi connectivity index (χ1n) is 8.84. The molecule has 0 spiro atoms. The van der Waals surface area contributed by atoms with E-state index in [0.717, 1.165) is 30.5 Å². The van der Waals surface area contributed by atoms with E-state index in [1.807, 2.05) is 0 Å². The van der Waals surface area contributed by atoms with Crippen molar-refractivity contribution >= 4 is 29.2 Å². The van der Waals surface area contributed by atoms with Gasteiger partial charge in [0.15, 0.2) is 0 Å². The molecule has 0 unspecified atom stereocenters. The van der Waals surface area contributed by atoms with Crippen LogP contribution in [-0.2, 0) is 11.3 Å². The SMILES string of the molecule is Cl.O=C(Cn1c(=O)[nH]c2ccccc2c1=O)N1CC[C@@H]2CNC[C@@H]2CC1. The lowest BCUT2D eigenvalue weighted by Crippen LogP contribution is -2.42. The number of H-pyrrole nitrogens is 1. The van der Waals surface area contributed by atoms with Gasteiger partial charge in [-0.2, -0.15) is 0 Å². The molecule has 0 saturated carbocycles. The van der Waals surface area contributed by atoms with Gasteiger partial charge in [-0.3, -0.25) is 14.2 Å². The Hall–Kier alpha value is -2.12. The summed E-state index contributed by atoms with van der Waals surface area (Å²) < 4.78 is 1.01. The third kappa shape index (κ3) is 3.41. The van der Waals surface area contributed by atoms with Crippen LogP contribution in [0.25, 0.3) is 10.9 Å². The third-order valence-corrected chi connectivity index (χ3v) is 5.55. The Kier molecular flexibility index (Phi) is 5.48. The highest BCUT2D eigenvalue weighted by Crippen LogP contribution is 2.27. The van der Waals surface area contributed by atoms with E-state index in [0.29, 0.717) is 35.8 Å². The number of nitrogens with zero attached hydrogens (tertiary/aromatic N) is 2. The van der Waals surface area contributed by atoms with Crippen LogP contribution in [0.5, 0.6) is 0 Å². The van der Waals surface area contributed by atoms with E-state index in [4.69, 9.17) is 0 Å². The second kappa shape index (κ2) is 7.63. The van der Waals surface area contributed by atoms with Gasteiger partial charge in [0.1, 0.15) is 6.54 Å². The molecular formula is C18H23ClN4O3. The van der Waals surface area contributed by atoms with E-state index in [2.05, 4.69) is 10.3 Å². The van der Waals surface area contributed by atoms with Gasteiger partial charge in [-0.05, 0) is 49.9 Å². The van der Waals surface area contributed by atoms with Crippen LogP contribution in [0, 0.1) is 11.8 Å². The van der Waals surface area contributed by atoms with E-state index in [-0.39, 0.29) is 24.9 Å². The Labute approximate surface area is 156 Å². The van der Waals surface area contributed by atoms with E-state index < -0.39 is 11.2 Å². The van der Waals surface area contributed by atoms with Gasteiger partial charge in [-0.15, -0.1) is 12.4 Å². The molecule has 0 radical (unpaired) electrons. The molecule has 4 rings (SSSR count). The summed E-state index contributed by atoms with van der Waals surface area (Å²) in [5, 5.41) is 3.84. The number of hydrogen-bond acceptors (Lipinski definition) is 4. The number of aromatic nitrogens is 2. The second-order valence-electron chi connectivity index (χ2n) is 7.00. The van der Waals surface area contributed by atoms with Crippen LogP contribution >= 0.6 is 12.4 Å². The molecule has 1 aromatic carbocycles. The minimum Gasteiger partial charge on any atom is -0.341 e. The van der Waals surface area contributed by atoms with Crippen LogP contribution in [0.1, 0.15) is 12.8 Å². The molecule has 1 aromatic heterocycles. The average molecular weight is 379 g/mol. The molecule has 2 fully saturated rings. The standard InChI is InChI=1S/C18H22N4O3.ClH/c23-16(21-7-5-12-9-19-10-13(12)6-8-21)11-22-17(24)14-3-1-2-4-15(14)20-18(22)25;/h1-4,12-13,19H,5-11H2,(H,20,25);1H/t12-,13+;. The molecular weight excluding hydrogens is 356 g/mol. The van der Waals surface area contributed by atoms with E-state index >= 15 is 0 Å². The zero-order valence-electron chi connectivity index (χ0n) is 14.4. The number of carbonyl (C=O) groups excluding carboxylic acids is 1. The van der Waals surface area contributed by atoms with E-state index in [1.165, 1.54) is 0 Å². The predicted octanol–water partition coefficient (Wildman–Crippen LogP) is 0.570. The van der Waals surface area contributed by atoms with E-state index in [9.17, 15) is 14.4 Å². The number of amides is 1. The van der Waals surface area contributed by atoms with Crippen LogP contribution in [-0.4, -0.2) is 46.5 Å². The average Bonchev–Trinajstić information content (AvgIpc) is 2.96. The van der Waals surface area contributed by atoms with Crippen molar-refractivity contribution < 1.29 is 4.79 Å². The summed E-state index contributed by atoms with van der Waals surface area (Å²) in [6.45, 7) is 3.24. The van der Waals surface area contributed by atoms with Crippen LogP contribution < -0.4 is 16.6 Å². The lowest BCUT2D eigenvalue weighted by molar-refractivity contribution is -0.132. The van der Waals surface area contributed by atoms with Crippen molar-refractivity contribution in [3.63, 3.8) is 0 Å². The van der Waals surface area contributed by atoms with Gasteiger partial charge in [-0.25, -0.2) is 4.79 Å². The fourth-order valence-electron chi connectivity index (χ4n) is 4.05. The Morgan fingerprint density at radius 2 is 1.73 bits per heavy atom. The Morgan fingerprint density at radius 3 is 2.42 bits per heavy atom. The zero-order valence-corrected chi connectivity index (χ0v) is 15.3. The van der Waals surface area contributed by atoms with Gasteiger partial charge < -0.3 is 15.2 Å². The summed E-state index contributed by atoms with van der Waals surface area (Å²) in [5.41, 5.74) is -0.451. The predicted molar refractivity (Wildman–Crippen MR) is 102 cm³/mol. The van der Waals surface area contributed by atoms with Gasteiger partial charge in [0.2, 0.25) is 5.91 Å². The van der Waals surface area contributed by atoms with Crippen LogP contribution in [0.3, 0.4) is 0 Å². The second-order valence-corrected chi connectivity index (χ2v) is 7.00. The Balaban J connectivity index is 0.00000196. The summed E-state index contributed by atoms with van der Waals surface area (Å²) in [5.74, 6) is 1.10. The first kappa shape index (κ1) is 18.7. The number of aromatic amines is 1. The zero-order chi connectivity index (χ0) is 17.4. The molecule has 7 nitrogen and oxygen atoms in total. The number of nitrogens with one attached hydrogen (secondary N) is 2. The molecule has 26 heavy (non-hydrogen) atoms. The maximum atomic E-state index is 12.7. The number of fused-ring (bicyclic) bond motifs is 2. The molecule has 2 aliphatic heterocycles. The smallest absolute Gasteiger partial charge is 0.329 e. The summed E-state index contributed by atoms with van der Waals surface area (Å²) in [4.78, 5) is 42.0. The van der Waals surface area contributed by atoms with Gasteiger partial charge in [0.25, 0.3) is 5.56 Å². The first-order chi connectivity index (χ1) is 12.1. The van der Waals surface area contributed by atoms with Crippen molar-refractivity contribution in [1.29, 1.82) is 0 Å². The molecule has 1 amide bonds. The van der Waals surface area contributed by atoms with Crippen LogP contribution in [0.4, 0.5) is 0 Å². The maximum absolute atomic E-state index is 12.7. The van der Waals surface area contributed by atoms with Crippen molar-refractivity contribution in [2.75, 3.05) is 26.2 Å². The monoisotopic (exact) mass is 378 g/mol. The molecule has 3 heterocycles. The summed E-state index contributed by atoms with van der Waals surface area (Å²) in [6, 6.07) is 6.85. The summed E-state index contributed by atoms with van der Waals surface area (Å²) in [6.07, 6.45) is 1.96. The highest BCUT2D eigenvalue weighted by atomic mass is 35.5. The number of rotatable bonds is 2. The highest BCUT2D eigenvalue weighted by molar-refractivity contribution is 5.85. The van der Waals surface area contributed by atoms with Gasteiger partial charge in [-0.1, -0.05) is 12.1 Å². The van der Waals surface area contributed by atoms with Crippen molar-refractivity contribution in [2.45, 2.75) is 19.4 Å². The molecule has 0 aliphatic carbocycles. The van der Waals surface area contributed by atoms with Crippen LogP contribution in [0.15, 0.2) is 33.9 Å². The fraction of sp³-hybridized carbons (Fsp3) is 0.500. The Bertz CT molecular complexity index is 909. The van der Waals surface area contributed by atoms with Crippen molar-refractivity contribution in [1.82, 2.24) is 19.8 Å². The molecule has 8 heteroatoms. The molecule has 0 bridgehead atoms. The molecule has 2 saturated heterocycles. The van der Waals surface area contributed by atoms with Crippen molar-refractivity contribution in [3.8, 4) is 0 Å². The van der Waals surface area contributed by atoms with Gasteiger partial charge >= 0.3 is 5.69 Å². The third-order valence-electron chi connectivity index (χ3n) is 5.55. The molecule has 2 N–H and O–H groups in total.